The number of furan rings is 1. The average Bonchev–Trinajstić information content (AvgIpc) is 2.96. The molecule has 5 nitrogen and oxygen atoms in total. The Morgan fingerprint density at radius 1 is 1.50 bits per heavy atom. The summed E-state index contributed by atoms with van der Waals surface area (Å²) in [6.45, 7) is -0.276. The minimum atomic E-state index is -1.01. The maximum atomic E-state index is 11.9. The predicted molar refractivity (Wildman–Crippen MR) is 58.1 cm³/mol. The summed E-state index contributed by atoms with van der Waals surface area (Å²) in [6, 6.07) is 3.19. The number of carbonyl (C=O) groups is 2. The van der Waals surface area contributed by atoms with Crippen LogP contribution in [0.4, 0.5) is 0 Å². The van der Waals surface area contributed by atoms with Gasteiger partial charge in [0.25, 0.3) is 5.91 Å². The third kappa shape index (κ3) is 2.44. The number of aliphatic carboxylic acids is 1. The van der Waals surface area contributed by atoms with E-state index in [2.05, 4.69) is 15.9 Å². The molecule has 0 aromatic carbocycles. The third-order valence-corrected chi connectivity index (χ3v) is 2.76. The highest BCUT2D eigenvalue weighted by atomic mass is 79.9. The zero-order chi connectivity index (χ0) is 11.7. The zero-order valence-electron chi connectivity index (χ0n) is 8.35. The van der Waals surface area contributed by atoms with Gasteiger partial charge in [0.2, 0.25) is 0 Å². The lowest BCUT2D eigenvalue weighted by atomic mass is 10.3. The first kappa shape index (κ1) is 11.2. The molecule has 1 aromatic heterocycles. The van der Waals surface area contributed by atoms with Crippen molar-refractivity contribution in [1.82, 2.24) is 4.90 Å². The SMILES string of the molecule is O=C(O)CN(C(=O)c1ccc(Br)o1)C1CC1. The summed E-state index contributed by atoms with van der Waals surface area (Å²) in [7, 11) is 0. The summed E-state index contributed by atoms with van der Waals surface area (Å²) in [4.78, 5) is 23.9. The van der Waals surface area contributed by atoms with Crippen LogP contribution in [0.2, 0.25) is 0 Å². The Bertz CT molecular complexity index is 424. The number of hydrogen-bond acceptors (Lipinski definition) is 3. The standard InChI is InChI=1S/C10H10BrNO4/c11-8-4-3-7(16-8)10(15)12(5-9(13)14)6-1-2-6/h3-4,6H,1-2,5H2,(H,13,14). The maximum Gasteiger partial charge on any atom is 0.323 e. The molecular weight excluding hydrogens is 278 g/mol. The molecule has 16 heavy (non-hydrogen) atoms. The summed E-state index contributed by atoms with van der Waals surface area (Å²) in [5, 5.41) is 8.73. The van der Waals surface area contributed by atoms with Crippen molar-refractivity contribution < 1.29 is 19.1 Å². The average molecular weight is 288 g/mol. The van der Waals surface area contributed by atoms with Crippen LogP contribution in [0.5, 0.6) is 0 Å². The molecule has 1 aliphatic carbocycles. The van der Waals surface area contributed by atoms with Gasteiger partial charge in [-0.3, -0.25) is 9.59 Å². The van der Waals surface area contributed by atoms with Crippen LogP contribution in [-0.2, 0) is 4.79 Å². The highest BCUT2D eigenvalue weighted by Crippen LogP contribution is 2.28. The number of rotatable bonds is 4. The van der Waals surface area contributed by atoms with Gasteiger partial charge in [-0.25, -0.2) is 0 Å². The third-order valence-electron chi connectivity index (χ3n) is 2.34. The van der Waals surface area contributed by atoms with Gasteiger partial charge in [-0.2, -0.15) is 0 Å². The van der Waals surface area contributed by atoms with E-state index in [1.807, 2.05) is 0 Å². The molecule has 0 saturated heterocycles. The fourth-order valence-electron chi connectivity index (χ4n) is 1.47. The zero-order valence-corrected chi connectivity index (χ0v) is 9.94. The number of carboxylic acid groups (broad SMARTS) is 1. The van der Waals surface area contributed by atoms with E-state index in [-0.39, 0.29) is 24.3 Å². The molecule has 1 aliphatic rings. The van der Waals surface area contributed by atoms with E-state index in [0.29, 0.717) is 4.67 Å². The van der Waals surface area contributed by atoms with E-state index < -0.39 is 5.97 Å². The van der Waals surface area contributed by atoms with Crippen molar-refractivity contribution in [3.8, 4) is 0 Å². The van der Waals surface area contributed by atoms with Crippen molar-refractivity contribution in [2.45, 2.75) is 18.9 Å². The van der Waals surface area contributed by atoms with E-state index in [1.54, 1.807) is 6.07 Å². The van der Waals surface area contributed by atoms with Gasteiger partial charge in [0.15, 0.2) is 10.4 Å². The van der Waals surface area contributed by atoms with Gasteiger partial charge in [-0.05, 0) is 40.9 Å². The molecule has 0 aliphatic heterocycles. The molecular formula is C10H10BrNO4. The van der Waals surface area contributed by atoms with Crippen LogP contribution < -0.4 is 0 Å². The molecule has 2 rings (SSSR count). The normalized spacial score (nSPS) is 14.8. The number of halogens is 1. The lowest BCUT2D eigenvalue weighted by Crippen LogP contribution is -2.37. The topological polar surface area (TPSA) is 70.8 Å². The Morgan fingerprint density at radius 2 is 2.19 bits per heavy atom. The van der Waals surface area contributed by atoms with Gasteiger partial charge < -0.3 is 14.4 Å². The molecule has 0 radical (unpaired) electrons. The minimum Gasteiger partial charge on any atom is -0.480 e. The number of carboxylic acids is 1. The molecule has 0 atom stereocenters. The van der Waals surface area contributed by atoms with Crippen molar-refractivity contribution in [2.24, 2.45) is 0 Å². The number of carbonyl (C=O) groups excluding carboxylic acids is 1. The van der Waals surface area contributed by atoms with E-state index in [0.717, 1.165) is 12.8 Å². The maximum absolute atomic E-state index is 11.9. The summed E-state index contributed by atoms with van der Waals surface area (Å²) >= 11 is 3.10. The first-order valence-corrected chi connectivity index (χ1v) is 5.65. The highest BCUT2D eigenvalue weighted by molar-refractivity contribution is 9.10. The first-order chi connectivity index (χ1) is 7.58. The van der Waals surface area contributed by atoms with Gasteiger partial charge >= 0.3 is 5.97 Å². The van der Waals surface area contributed by atoms with Crippen LogP contribution >= 0.6 is 15.9 Å². The monoisotopic (exact) mass is 287 g/mol. The van der Waals surface area contributed by atoms with Crippen molar-refractivity contribution in [1.29, 1.82) is 0 Å². The van der Waals surface area contributed by atoms with Crippen LogP contribution in [0.1, 0.15) is 23.4 Å². The second kappa shape index (κ2) is 4.29. The summed E-state index contributed by atoms with van der Waals surface area (Å²) in [5.41, 5.74) is 0. The van der Waals surface area contributed by atoms with Crippen LogP contribution in [0.3, 0.4) is 0 Å². The van der Waals surface area contributed by atoms with E-state index in [9.17, 15) is 9.59 Å². The fourth-order valence-corrected chi connectivity index (χ4v) is 1.78. The van der Waals surface area contributed by atoms with Crippen LogP contribution in [0.25, 0.3) is 0 Å². The van der Waals surface area contributed by atoms with Crippen molar-refractivity contribution >= 4 is 27.8 Å². The van der Waals surface area contributed by atoms with Crippen LogP contribution in [-0.4, -0.2) is 34.5 Å². The number of nitrogens with zero attached hydrogens (tertiary/aromatic N) is 1. The van der Waals surface area contributed by atoms with Gasteiger partial charge in [0.1, 0.15) is 6.54 Å². The van der Waals surface area contributed by atoms with Crippen molar-refractivity contribution in [2.75, 3.05) is 6.54 Å². The Hall–Kier alpha value is -1.30. The summed E-state index contributed by atoms with van der Waals surface area (Å²) in [6.07, 6.45) is 1.72. The Balaban J connectivity index is 2.13. The largest absolute Gasteiger partial charge is 0.480 e. The highest BCUT2D eigenvalue weighted by Gasteiger charge is 2.35. The summed E-state index contributed by atoms with van der Waals surface area (Å²) in [5.74, 6) is -1.21. The molecule has 0 unspecified atom stereocenters. The molecule has 1 saturated carbocycles. The lowest BCUT2D eigenvalue weighted by molar-refractivity contribution is -0.137. The Morgan fingerprint density at radius 3 is 2.62 bits per heavy atom. The van der Waals surface area contributed by atoms with Crippen molar-refractivity contribution in [3.63, 3.8) is 0 Å². The van der Waals surface area contributed by atoms with Gasteiger partial charge in [0, 0.05) is 6.04 Å². The molecule has 86 valence electrons. The van der Waals surface area contributed by atoms with E-state index in [4.69, 9.17) is 9.52 Å². The molecule has 0 bridgehead atoms. The van der Waals surface area contributed by atoms with Crippen LogP contribution in [0.15, 0.2) is 21.2 Å². The lowest BCUT2D eigenvalue weighted by Gasteiger charge is -2.18. The first-order valence-electron chi connectivity index (χ1n) is 4.86. The molecule has 1 heterocycles. The fraction of sp³-hybridized carbons (Fsp3) is 0.400. The molecule has 1 amide bonds. The predicted octanol–water partition coefficient (Wildman–Crippen LogP) is 1.73. The smallest absolute Gasteiger partial charge is 0.323 e. The van der Waals surface area contributed by atoms with Crippen LogP contribution in [0, 0.1) is 0 Å². The quantitative estimate of drug-likeness (QED) is 0.916. The van der Waals surface area contributed by atoms with E-state index >= 15 is 0 Å². The van der Waals surface area contributed by atoms with Gasteiger partial charge in [-0.15, -0.1) is 0 Å². The number of amides is 1. The minimum absolute atomic E-state index is 0.0486. The van der Waals surface area contributed by atoms with Gasteiger partial charge in [-0.1, -0.05) is 0 Å². The molecule has 1 fully saturated rings. The second-order valence-electron chi connectivity index (χ2n) is 3.66. The number of hydrogen-bond donors (Lipinski definition) is 1. The molecule has 0 spiro atoms. The second-order valence-corrected chi connectivity index (χ2v) is 4.44. The Kier molecular flexibility index (Phi) is 3.00. The molecule has 1 N–H and O–H groups in total. The van der Waals surface area contributed by atoms with Gasteiger partial charge in [0.05, 0.1) is 0 Å². The van der Waals surface area contributed by atoms with E-state index in [1.165, 1.54) is 11.0 Å². The Labute approximate surface area is 100 Å². The van der Waals surface area contributed by atoms with Crippen molar-refractivity contribution in [3.05, 3.63) is 22.6 Å². The molecule has 6 heteroatoms. The summed E-state index contributed by atoms with van der Waals surface area (Å²) < 4.78 is 5.58. The molecule has 1 aromatic rings.